The Hall–Kier alpha value is -2.27. The molecule has 0 spiro atoms. The largest absolute Gasteiger partial charge is 0.273 e. The van der Waals surface area contributed by atoms with E-state index in [0.29, 0.717) is 21.6 Å². The monoisotopic (exact) mass is 426 g/mol. The van der Waals surface area contributed by atoms with Gasteiger partial charge >= 0.3 is 0 Å². The molecule has 6 heteroatoms. The standard InChI is InChI=1S/C22H16Cl2N2OS/c23-16-11-12-19(24)15(13-16)14-20-21(27)26(18-9-5-2-6-10-18)22(28-20)25-17-7-3-1-4-8-17/h1-13,20H,14H2. The molecular weight excluding hydrogens is 411 g/mol. The summed E-state index contributed by atoms with van der Waals surface area (Å²) in [7, 11) is 0. The summed E-state index contributed by atoms with van der Waals surface area (Å²) >= 11 is 13.9. The number of amidine groups is 1. The minimum absolute atomic E-state index is 0.0121. The molecule has 0 aromatic heterocycles. The molecule has 3 nitrogen and oxygen atoms in total. The average molecular weight is 427 g/mol. The van der Waals surface area contributed by atoms with E-state index >= 15 is 0 Å². The van der Waals surface area contributed by atoms with Gasteiger partial charge in [0.1, 0.15) is 0 Å². The number of hydrogen-bond acceptors (Lipinski definition) is 3. The summed E-state index contributed by atoms with van der Waals surface area (Å²) < 4.78 is 0. The Morgan fingerprint density at radius 2 is 1.61 bits per heavy atom. The quantitative estimate of drug-likeness (QED) is 0.485. The molecule has 1 fully saturated rings. The van der Waals surface area contributed by atoms with Crippen LogP contribution in [0.4, 0.5) is 11.4 Å². The average Bonchev–Trinajstić information content (AvgIpc) is 3.01. The van der Waals surface area contributed by atoms with Gasteiger partial charge in [-0.15, -0.1) is 0 Å². The molecule has 1 aliphatic rings. The van der Waals surface area contributed by atoms with Gasteiger partial charge in [-0.05, 0) is 54.4 Å². The highest BCUT2D eigenvalue weighted by Crippen LogP contribution is 2.36. The molecule has 3 aromatic rings. The topological polar surface area (TPSA) is 32.7 Å². The van der Waals surface area contributed by atoms with E-state index in [0.717, 1.165) is 16.9 Å². The minimum Gasteiger partial charge on any atom is -0.273 e. The van der Waals surface area contributed by atoms with Crippen molar-refractivity contribution in [2.75, 3.05) is 4.90 Å². The first-order valence-electron chi connectivity index (χ1n) is 8.75. The van der Waals surface area contributed by atoms with Gasteiger partial charge in [-0.3, -0.25) is 9.69 Å². The van der Waals surface area contributed by atoms with E-state index < -0.39 is 0 Å². The molecule has 0 radical (unpaired) electrons. The van der Waals surface area contributed by atoms with Crippen LogP contribution in [0.15, 0.2) is 83.9 Å². The zero-order valence-electron chi connectivity index (χ0n) is 14.8. The fraction of sp³-hybridized carbons (Fsp3) is 0.0909. The number of carbonyl (C=O) groups is 1. The first kappa shape index (κ1) is 19.1. The molecule has 140 valence electrons. The summed E-state index contributed by atoms with van der Waals surface area (Å²) in [4.78, 5) is 19.7. The van der Waals surface area contributed by atoms with Crippen molar-refractivity contribution >= 4 is 57.4 Å². The lowest BCUT2D eigenvalue weighted by atomic mass is 10.1. The summed E-state index contributed by atoms with van der Waals surface area (Å²) in [5.74, 6) is -0.0121. The number of halogens is 2. The van der Waals surface area contributed by atoms with Crippen molar-refractivity contribution in [2.45, 2.75) is 11.7 Å². The Bertz CT molecular complexity index is 1030. The van der Waals surface area contributed by atoms with Gasteiger partial charge in [-0.25, -0.2) is 4.99 Å². The zero-order valence-corrected chi connectivity index (χ0v) is 17.1. The van der Waals surface area contributed by atoms with Gasteiger partial charge in [-0.2, -0.15) is 0 Å². The number of carbonyl (C=O) groups excluding carboxylic acids is 1. The molecule has 1 saturated heterocycles. The van der Waals surface area contributed by atoms with Crippen LogP contribution in [0.3, 0.4) is 0 Å². The maximum atomic E-state index is 13.3. The molecule has 3 aromatic carbocycles. The summed E-state index contributed by atoms with van der Waals surface area (Å²) in [5, 5.41) is 1.55. The van der Waals surface area contributed by atoms with Crippen LogP contribution >= 0.6 is 35.0 Å². The van der Waals surface area contributed by atoms with E-state index in [2.05, 4.69) is 0 Å². The molecule has 1 unspecified atom stereocenters. The number of hydrogen-bond donors (Lipinski definition) is 0. The number of rotatable bonds is 4. The highest BCUT2D eigenvalue weighted by molar-refractivity contribution is 8.16. The van der Waals surface area contributed by atoms with Crippen LogP contribution in [0.25, 0.3) is 0 Å². The lowest BCUT2D eigenvalue weighted by Gasteiger charge is -2.16. The summed E-state index contributed by atoms with van der Waals surface area (Å²) in [6, 6.07) is 24.5. The number of anilines is 1. The number of aliphatic imine (C=N–C) groups is 1. The van der Waals surface area contributed by atoms with Crippen LogP contribution in [-0.2, 0) is 11.2 Å². The maximum Gasteiger partial charge on any atom is 0.247 e. The Kier molecular flexibility index (Phi) is 5.72. The van der Waals surface area contributed by atoms with Gasteiger partial charge < -0.3 is 0 Å². The van der Waals surface area contributed by atoms with Crippen molar-refractivity contribution in [2.24, 2.45) is 4.99 Å². The van der Waals surface area contributed by atoms with Crippen molar-refractivity contribution in [1.29, 1.82) is 0 Å². The van der Waals surface area contributed by atoms with E-state index in [1.54, 1.807) is 17.0 Å². The maximum absolute atomic E-state index is 13.3. The van der Waals surface area contributed by atoms with Gasteiger partial charge in [0.05, 0.1) is 16.6 Å². The molecule has 1 atom stereocenters. The summed E-state index contributed by atoms with van der Waals surface area (Å²) in [5.41, 5.74) is 2.46. The normalized spacial score (nSPS) is 18.1. The van der Waals surface area contributed by atoms with Crippen molar-refractivity contribution in [3.63, 3.8) is 0 Å². The van der Waals surface area contributed by atoms with Crippen molar-refractivity contribution in [3.05, 3.63) is 94.5 Å². The molecule has 28 heavy (non-hydrogen) atoms. The van der Waals surface area contributed by atoms with Crippen LogP contribution in [-0.4, -0.2) is 16.3 Å². The molecule has 0 saturated carbocycles. The number of para-hydroxylation sites is 2. The number of nitrogens with zero attached hydrogens (tertiary/aromatic N) is 2. The first-order chi connectivity index (χ1) is 13.6. The van der Waals surface area contributed by atoms with Gasteiger partial charge in [0.2, 0.25) is 5.91 Å². The summed E-state index contributed by atoms with van der Waals surface area (Å²) in [6.07, 6.45) is 0.486. The Morgan fingerprint density at radius 3 is 2.32 bits per heavy atom. The SMILES string of the molecule is O=C1C(Cc2cc(Cl)ccc2Cl)SC(=Nc2ccccc2)N1c1ccccc1. The Balaban J connectivity index is 1.70. The molecular formula is C22H16Cl2N2OS. The highest BCUT2D eigenvalue weighted by Gasteiger charge is 2.39. The number of amides is 1. The van der Waals surface area contributed by atoms with Crippen LogP contribution in [0.1, 0.15) is 5.56 Å². The zero-order chi connectivity index (χ0) is 19.5. The third-order valence-corrected chi connectivity index (χ3v) is 6.08. The second kappa shape index (κ2) is 8.39. The van der Waals surface area contributed by atoms with Crippen molar-refractivity contribution < 1.29 is 4.79 Å². The van der Waals surface area contributed by atoms with Crippen molar-refractivity contribution in [1.82, 2.24) is 0 Å². The van der Waals surface area contributed by atoms with Gasteiger partial charge in [0, 0.05) is 10.0 Å². The Morgan fingerprint density at radius 1 is 0.929 bits per heavy atom. The van der Waals surface area contributed by atoms with E-state index in [1.165, 1.54) is 11.8 Å². The lowest BCUT2D eigenvalue weighted by Crippen LogP contribution is -2.32. The Labute approximate surface area is 178 Å². The van der Waals surface area contributed by atoms with Gasteiger partial charge in [-0.1, -0.05) is 71.4 Å². The molecule has 1 amide bonds. The minimum atomic E-state index is -0.321. The van der Waals surface area contributed by atoms with Gasteiger partial charge in [0.25, 0.3) is 0 Å². The molecule has 0 N–H and O–H groups in total. The van der Waals surface area contributed by atoms with E-state index in [9.17, 15) is 4.79 Å². The molecule has 1 heterocycles. The number of thioether (sulfide) groups is 1. The van der Waals surface area contributed by atoms with Crippen LogP contribution in [0, 0.1) is 0 Å². The summed E-state index contributed by atoms with van der Waals surface area (Å²) in [6.45, 7) is 0. The van der Waals surface area contributed by atoms with E-state index in [-0.39, 0.29) is 11.2 Å². The smallest absolute Gasteiger partial charge is 0.247 e. The molecule has 0 aliphatic carbocycles. The second-order valence-electron chi connectivity index (χ2n) is 6.29. The fourth-order valence-corrected chi connectivity index (χ4v) is 4.57. The molecule has 4 rings (SSSR count). The van der Waals surface area contributed by atoms with E-state index in [1.807, 2.05) is 66.7 Å². The third kappa shape index (κ3) is 4.09. The van der Waals surface area contributed by atoms with Crippen LogP contribution in [0.2, 0.25) is 10.0 Å². The molecule has 1 aliphatic heterocycles. The first-order valence-corrected chi connectivity index (χ1v) is 10.4. The highest BCUT2D eigenvalue weighted by atomic mass is 35.5. The second-order valence-corrected chi connectivity index (χ2v) is 8.30. The van der Waals surface area contributed by atoms with Crippen LogP contribution < -0.4 is 4.90 Å². The fourth-order valence-electron chi connectivity index (χ4n) is 3.00. The molecule has 0 bridgehead atoms. The van der Waals surface area contributed by atoms with Gasteiger partial charge in [0.15, 0.2) is 5.17 Å². The number of benzene rings is 3. The lowest BCUT2D eigenvalue weighted by molar-refractivity contribution is -0.116. The predicted molar refractivity (Wildman–Crippen MR) is 119 cm³/mol. The third-order valence-electron chi connectivity index (χ3n) is 4.34. The van der Waals surface area contributed by atoms with E-state index in [4.69, 9.17) is 28.2 Å². The predicted octanol–water partition coefficient (Wildman–Crippen LogP) is 6.37. The van der Waals surface area contributed by atoms with Crippen molar-refractivity contribution in [3.8, 4) is 0 Å². The van der Waals surface area contributed by atoms with Crippen LogP contribution in [0.5, 0.6) is 0 Å².